The smallest absolute Gasteiger partial charge is 0.292 e. The fourth-order valence-corrected chi connectivity index (χ4v) is 2.60. The fourth-order valence-electron chi connectivity index (χ4n) is 2.37. The van der Waals surface area contributed by atoms with Gasteiger partial charge in [-0.15, -0.1) is 0 Å². The van der Waals surface area contributed by atoms with Crippen LogP contribution < -0.4 is 15.8 Å². The maximum atomic E-state index is 11.3. The van der Waals surface area contributed by atoms with Gasteiger partial charge in [-0.2, -0.15) is 0 Å². The van der Waals surface area contributed by atoms with Gasteiger partial charge in [-0.25, -0.2) is 0 Å². The molecule has 1 heterocycles. The van der Waals surface area contributed by atoms with Crippen LogP contribution in [0, 0.1) is 10.1 Å². The molecule has 3 N–H and O–H groups in total. The maximum absolute atomic E-state index is 11.3. The van der Waals surface area contributed by atoms with Crippen molar-refractivity contribution in [1.82, 2.24) is 10.2 Å². The lowest BCUT2D eigenvalue weighted by Crippen LogP contribution is -2.43. The number of carbonyl (C=O) groups is 1. The summed E-state index contributed by atoms with van der Waals surface area (Å²) in [6.07, 6.45) is 0.755. The van der Waals surface area contributed by atoms with E-state index < -0.39 is 10.8 Å². The van der Waals surface area contributed by atoms with Crippen molar-refractivity contribution in [2.24, 2.45) is 5.73 Å². The van der Waals surface area contributed by atoms with Crippen molar-refractivity contribution in [3.63, 3.8) is 0 Å². The van der Waals surface area contributed by atoms with Crippen LogP contribution in [0.25, 0.3) is 0 Å². The average Bonchev–Trinajstić information content (AvgIpc) is 2.53. The molecular formula is C14H19ClN4O4. The Hall–Kier alpha value is -1.90. The summed E-state index contributed by atoms with van der Waals surface area (Å²) < 4.78 is 5.52. The highest BCUT2D eigenvalue weighted by molar-refractivity contribution is 6.34. The maximum Gasteiger partial charge on any atom is 0.292 e. The zero-order chi connectivity index (χ0) is 16.8. The molecule has 0 spiro atoms. The van der Waals surface area contributed by atoms with Crippen LogP contribution in [0.4, 0.5) is 5.69 Å². The topological polar surface area (TPSA) is 111 Å². The second-order valence-corrected chi connectivity index (χ2v) is 5.60. The zero-order valence-corrected chi connectivity index (χ0v) is 13.3. The van der Waals surface area contributed by atoms with Crippen molar-refractivity contribution in [3.8, 4) is 5.75 Å². The summed E-state index contributed by atoms with van der Waals surface area (Å²) in [5.41, 5.74) is 4.79. The molecule has 1 aliphatic rings. The number of benzene rings is 1. The highest BCUT2D eigenvalue weighted by Crippen LogP contribution is 2.35. The molecule has 2 rings (SSSR count). The first-order valence-corrected chi connectivity index (χ1v) is 7.70. The first-order chi connectivity index (χ1) is 11.0. The van der Waals surface area contributed by atoms with Gasteiger partial charge in [0.15, 0.2) is 5.02 Å². The third-order valence-corrected chi connectivity index (χ3v) is 3.97. The zero-order valence-electron chi connectivity index (χ0n) is 12.6. The summed E-state index contributed by atoms with van der Waals surface area (Å²) in [6, 6.07) is 2.39. The number of nitrogens with zero attached hydrogens (tertiary/aromatic N) is 2. The van der Waals surface area contributed by atoms with E-state index in [0.29, 0.717) is 6.61 Å². The number of nitro groups is 1. The van der Waals surface area contributed by atoms with Gasteiger partial charge in [0.2, 0.25) is 5.91 Å². The van der Waals surface area contributed by atoms with Gasteiger partial charge < -0.3 is 20.7 Å². The molecule has 0 aliphatic carbocycles. The molecular weight excluding hydrogens is 324 g/mol. The van der Waals surface area contributed by atoms with E-state index >= 15 is 0 Å². The van der Waals surface area contributed by atoms with Gasteiger partial charge in [0, 0.05) is 44.4 Å². The van der Waals surface area contributed by atoms with E-state index in [-0.39, 0.29) is 22.0 Å². The summed E-state index contributed by atoms with van der Waals surface area (Å²) in [4.78, 5) is 23.9. The highest BCUT2D eigenvalue weighted by atomic mass is 35.5. The minimum atomic E-state index is -0.768. The standard InChI is InChI=1S/C14H19ClN4O4/c15-13-11(19(21)22)8-10(14(16)20)9-12(13)23-7-1-4-18-5-2-17-3-6-18/h8-9,17H,1-7H2,(H2,16,20). The van der Waals surface area contributed by atoms with Crippen LogP contribution in [-0.4, -0.2) is 55.1 Å². The molecule has 0 atom stereocenters. The first kappa shape index (κ1) is 17.5. The quantitative estimate of drug-likeness (QED) is 0.435. The van der Waals surface area contributed by atoms with Crippen LogP contribution >= 0.6 is 11.6 Å². The lowest BCUT2D eigenvalue weighted by Gasteiger charge is -2.27. The molecule has 0 radical (unpaired) electrons. The predicted molar refractivity (Wildman–Crippen MR) is 86.0 cm³/mol. The fraction of sp³-hybridized carbons (Fsp3) is 0.500. The minimum absolute atomic E-state index is 0.00166. The molecule has 0 bridgehead atoms. The predicted octanol–water partition coefficient (Wildman–Crippen LogP) is 1.02. The van der Waals surface area contributed by atoms with Gasteiger partial charge in [0.25, 0.3) is 5.69 Å². The van der Waals surface area contributed by atoms with Crippen molar-refractivity contribution in [3.05, 3.63) is 32.8 Å². The van der Waals surface area contributed by atoms with Gasteiger partial charge in [0.1, 0.15) is 5.75 Å². The third-order valence-electron chi connectivity index (χ3n) is 3.59. The van der Waals surface area contributed by atoms with Gasteiger partial charge in [-0.1, -0.05) is 11.6 Å². The molecule has 8 nitrogen and oxygen atoms in total. The van der Waals surface area contributed by atoms with Crippen molar-refractivity contribution in [2.75, 3.05) is 39.3 Å². The van der Waals surface area contributed by atoms with Crippen LogP contribution in [0.1, 0.15) is 16.8 Å². The van der Waals surface area contributed by atoms with Crippen molar-refractivity contribution >= 4 is 23.2 Å². The van der Waals surface area contributed by atoms with E-state index in [1.165, 1.54) is 6.07 Å². The number of halogens is 1. The number of primary amides is 1. The number of hydrogen-bond acceptors (Lipinski definition) is 6. The molecule has 1 saturated heterocycles. The molecule has 9 heteroatoms. The number of rotatable bonds is 7. The Morgan fingerprint density at radius 1 is 1.43 bits per heavy atom. The number of hydrogen-bond donors (Lipinski definition) is 2. The van der Waals surface area contributed by atoms with Crippen LogP contribution in [0.3, 0.4) is 0 Å². The molecule has 0 saturated carbocycles. The summed E-state index contributed by atoms with van der Waals surface area (Å²) in [5.74, 6) is -0.662. The normalized spacial score (nSPS) is 15.3. The molecule has 126 valence electrons. The summed E-state index contributed by atoms with van der Waals surface area (Å²) >= 11 is 5.97. The lowest BCUT2D eigenvalue weighted by atomic mass is 10.2. The second kappa shape index (κ2) is 8.09. The van der Waals surface area contributed by atoms with Crippen LogP contribution in [0.2, 0.25) is 5.02 Å². The number of piperazine rings is 1. The number of amides is 1. The highest BCUT2D eigenvalue weighted by Gasteiger charge is 2.21. The number of nitrogens with one attached hydrogen (secondary N) is 1. The Morgan fingerprint density at radius 3 is 2.74 bits per heavy atom. The first-order valence-electron chi connectivity index (χ1n) is 7.32. The number of nitrogens with two attached hydrogens (primary N) is 1. The lowest BCUT2D eigenvalue weighted by molar-refractivity contribution is -0.384. The van der Waals surface area contributed by atoms with E-state index in [1.807, 2.05) is 0 Å². The van der Waals surface area contributed by atoms with Crippen molar-refractivity contribution in [2.45, 2.75) is 6.42 Å². The molecule has 1 aliphatic heterocycles. The van der Waals surface area contributed by atoms with Gasteiger partial charge >= 0.3 is 0 Å². The van der Waals surface area contributed by atoms with Crippen molar-refractivity contribution < 1.29 is 14.5 Å². The minimum Gasteiger partial charge on any atom is -0.492 e. The van der Waals surface area contributed by atoms with Crippen LogP contribution in [0.15, 0.2) is 12.1 Å². The average molecular weight is 343 g/mol. The summed E-state index contributed by atoms with van der Waals surface area (Å²) in [7, 11) is 0. The van der Waals surface area contributed by atoms with E-state index in [9.17, 15) is 14.9 Å². The van der Waals surface area contributed by atoms with Crippen LogP contribution in [-0.2, 0) is 0 Å². The largest absolute Gasteiger partial charge is 0.492 e. The Bertz CT molecular complexity index is 590. The van der Waals surface area contributed by atoms with Crippen LogP contribution in [0.5, 0.6) is 5.75 Å². The Labute approximate surface area is 138 Å². The molecule has 1 amide bonds. The molecule has 1 aromatic rings. The van der Waals surface area contributed by atoms with E-state index in [4.69, 9.17) is 22.1 Å². The molecule has 1 aromatic carbocycles. The monoisotopic (exact) mass is 342 g/mol. The third kappa shape index (κ3) is 4.78. The molecule has 0 unspecified atom stereocenters. The summed E-state index contributed by atoms with van der Waals surface area (Å²) in [6.45, 7) is 5.14. The Balaban J connectivity index is 1.97. The Morgan fingerprint density at radius 2 is 2.13 bits per heavy atom. The molecule has 23 heavy (non-hydrogen) atoms. The van der Waals surface area contributed by atoms with Gasteiger partial charge in [0.05, 0.1) is 11.5 Å². The Kier molecular flexibility index (Phi) is 6.14. The van der Waals surface area contributed by atoms with Gasteiger partial charge in [-0.05, 0) is 12.5 Å². The van der Waals surface area contributed by atoms with Gasteiger partial charge in [-0.3, -0.25) is 14.9 Å². The second-order valence-electron chi connectivity index (χ2n) is 5.22. The molecule has 1 fully saturated rings. The number of carbonyl (C=O) groups excluding carboxylic acids is 1. The molecule has 0 aromatic heterocycles. The van der Waals surface area contributed by atoms with Crippen molar-refractivity contribution in [1.29, 1.82) is 0 Å². The van der Waals surface area contributed by atoms with E-state index in [2.05, 4.69) is 10.2 Å². The van der Waals surface area contributed by atoms with E-state index in [1.54, 1.807) is 0 Å². The SMILES string of the molecule is NC(=O)c1cc(OCCCN2CCNCC2)c(Cl)c([N+](=O)[O-])c1. The number of ether oxygens (including phenoxy) is 1. The van der Waals surface area contributed by atoms with E-state index in [0.717, 1.165) is 45.2 Å². The number of nitro benzene ring substituents is 1. The summed E-state index contributed by atoms with van der Waals surface area (Å²) in [5, 5.41) is 14.1.